The van der Waals surface area contributed by atoms with Crippen molar-refractivity contribution in [3.05, 3.63) is 25.0 Å². The molecule has 0 heterocycles. The summed E-state index contributed by atoms with van der Waals surface area (Å²) in [5.41, 5.74) is 0. The molecule has 0 aromatic carbocycles. The lowest BCUT2D eigenvalue weighted by atomic mass is 10.7. The summed E-state index contributed by atoms with van der Waals surface area (Å²) >= 11 is 0. The molecule has 0 aliphatic rings. The van der Waals surface area contributed by atoms with Crippen molar-refractivity contribution >= 4 is 0 Å². The summed E-state index contributed by atoms with van der Waals surface area (Å²) in [6, 6.07) is 0. The van der Waals surface area contributed by atoms with Gasteiger partial charge in [-0.1, -0.05) is 6.08 Å². The van der Waals surface area contributed by atoms with E-state index < -0.39 is 0 Å². The number of hydrogen-bond acceptors (Lipinski definition) is 2. The van der Waals surface area contributed by atoms with E-state index >= 15 is 0 Å². The Morgan fingerprint density at radius 3 is 2.88 bits per heavy atom. The molecule has 0 aromatic heterocycles. The second-order valence-electron chi connectivity index (χ2n) is 1.14. The normalized spacial score (nSPS) is 9.62. The Kier molecular flexibility index (Phi) is 5.65. The highest BCUT2D eigenvalue weighted by Gasteiger charge is 1.72. The monoisotopic (exact) mass is 114 g/mol. The summed E-state index contributed by atoms with van der Waals surface area (Å²) in [4.78, 5) is 8.99. The van der Waals surface area contributed by atoms with Gasteiger partial charge < -0.3 is 4.89 Å². The first kappa shape index (κ1) is 7.24. The Labute approximate surface area is 49.3 Å². The van der Waals surface area contributed by atoms with Crippen molar-refractivity contribution in [2.75, 3.05) is 6.61 Å². The molecule has 0 rings (SSSR count). The van der Waals surface area contributed by atoms with Crippen LogP contribution in [0.4, 0.5) is 0 Å². The van der Waals surface area contributed by atoms with Gasteiger partial charge in [0.1, 0.15) is 12.9 Å². The van der Waals surface area contributed by atoms with Crippen molar-refractivity contribution in [2.45, 2.75) is 6.92 Å². The topological polar surface area (TPSA) is 18.5 Å². The summed E-state index contributed by atoms with van der Waals surface area (Å²) in [5.74, 6) is 0. The minimum Gasteiger partial charge on any atom is -0.346 e. The Hall–Kier alpha value is -0.760. The lowest BCUT2D eigenvalue weighted by molar-refractivity contribution is -0.238. The Balaban J connectivity index is 2.82. The van der Waals surface area contributed by atoms with E-state index in [2.05, 4.69) is 16.4 Å². The third-order valence-electron chi connectivity index (χ3n) is 0.446. The fourth-order valence-corrected chi connectivity index (χ4v) is 0.182. The van der Waals surface area contributed by atoms with E-state index in [9.17, 15) is 0 Å². The summed E-state index contributed by atoms with van der Waals surface area (Å²) in [6.07, 6.45) is 4.82. The maximum absolute atomic E-state index is 4.52. The average Bonchev–Trinajstić information content (AvgIpc) is 1.81. The zero-order valence-electron chi connectivity index (χ0n) is 4.96. The largest absolute Gasteiger partial charge is 0.346 e. The van der Waals surface area contributed by atoms with Crippen LogP contribution >= 0.6 is 0 Å². The van der Waals surface area contributed by atoms with Gasteiger partial charge in [0.05, 0.1) is 0 Å². The molecular formula is C6H10O2. The maximum atomic E-state index is 4.52. The molecule has 8 heavy (non-hydrogen) atoms. The molecule has 0 fully saturated rings. The van der Waals surface area contributed by atoms with Crippen LogP contribution < -0.4 is 0 Å². The fraction of sp³-hybridized carbons (Fsp3) is 0.333. The first-order chi connectivity index (χ1) is 3.91. The molecule has 0 aliphatic heterocycles. The molecule has 46 valence electrons. The zero-order valence-corrected chi connectivity index (χ0v) is 4.96. The molecule has 2 nitrogen and oxygen atoms in total. The number of rotatable bonds is 4. The minimum atomic E-state index is 0.421. The van der Waals surface area contributed by atoms with Crippen LogP contribution in [-0.2, 0) is 9.78 Å². The third kappa shape index (κ3) is 5.24. The molecule has 0 spiro atoms. The standard InChI is InChI=1S/C6H10O2/c1-3-5-7-8-6-4-2/h3-4,6H,1,5H2,2H3. The van der Waals surface area contributed by atoms with Gasteiger partial charge in [-0.15, -0.1) is 6.58 Å². The van der Waals surface area contributed by atoms with Gasteiger partial charge in [0, 0.05) is 0 Å². The molecule has 0 atom stereocenters. The van der Waals surface area contributed by atoms with E-state index in [0.717, 1.165) is 0 Å². The smallest absolute Gasteiger partial charge is 0.125 e. The molecule has 0 aliphatic carbocycles. The molecule has 0 saturated heterocycles. The van der Waals surface area contributed by atoms with Crippen LogP contribution in [0, 0.1) is 0 Å². The molecule has 0 unspecified atom stereocenters. The Bertz CT molecular complexity index is 76.6. The number of allylic oxidation sites excluding steroid dienone is 1. The van der Waals surface area contributed by atoms with Gasteiger partial charge in [0.2, 0.25) is 0 Å². The summed E-state index contributed by atoms with van der Waals surface area (Å²) in [6.45, 7) is 5.69. The van der Waals surface area contributed by atoms with E-state index in [1.54, 1.807) is 12.2 Å². The lowest BCUT2D eigenvalue weighted by Gasteiger charge is -1.92. The molecular weight excluding hydrogens is 104 g/mol. The Morgan fingerprint density at radius 2 is 2.38 bits per heavy atom. The van der Waals surface area contributed by atoms with Crippen LogP contribution in [0.3, 0.4) is 0 Å². The van der Waals surface area contributed by atoms with Crippen molar-refractivity contribution in [1.29, 1.82) is 0 Å². The Morgan fingerprint density at radius 1 is 1.62 bits per heavy atom. The van der Waals surface area contributed by atoms with Gasteiger partial charge in [-0.2, -0.15) is 4.89 Å². The lowest BCUT2D eigenvalue weighted by Crippen LogP contribution is -1.85. The van der Waals surface area contributed by atoms with Crippen LogP contribution in [-0.4, -0.2) is 6.61 Å². The van der Waals surface area contributed by atoms with Crippen LogP contribution in [0.1, 0.15) is 6.92 Å². The van der Waals surface area contributed by atoms with Crippen molar-refractivity contribution in [2.24, 2.45) is 0 Å². The van der Waals surface area contributed by atoms with E-state index in [4.69, 9.17) is 0 Å². The van der Waals surface area contributed by atoms with E-state index in [-0.39, 0.29) is 0 Å². The molecule has 0 bridgehead atoms. The number of hydrogen-bond donors (Lipinski definition) is 0. The van der Waals surface area contributed by atoms with E-state index in [0.29, 0.717) is 6.61 Å². The molecule has 0 saturated carbocycles. The second-order valence-corrected chi connectivity index (χ2v) is 1.14. The summed E-state index contributed by atoms with van der Waals surface area (Å²) < 4.78 is 0. The van der Waals surface area contributed by atoms with Gasteiger partial charge in [0.15, 0.2) is 0 Å². The van der Waals surface area contributed by atoms with Crippen LogP contribution in [0.5, 0.6) is 0 Å². The third-order valence-corrected chi connectivity index (χ3v) is 0.446. The van der Waals surface area contributed by atoms with Crippen molar-refractivity contribution in [1.82, 2.24) is 0 Å². The molecule has 0 radical (unpaired) electrons. The van der Waals surface area contributed by atoms with Crippen molar-refractivity contribution in [3.63, 3.8) is 0 Å². The summed E-state index contributed by atoms with van der Waals surface area (Å²) in [7, 11) is 0. The van der Waals surface area contributed by atoms with Gasteiger partial charge >= 0.3 is 0 Å². The van der Waals surface area contributed by atoms with Crippen LogP contribution in [0.25, 0.3) is 0 Å². The van der Waals surface area contributed by atoms with Crippen LogP contribution in [0.2, 0.25) is 0 Å². The second kappa shape index (κ2) is 6.24. The van der Waals surface area contributed by atoms with Crippen molar-refractivity contribution in [3.8, 4) is 0 Å². The molecule has 0 amide bonds. The fourth-order valence-electron chi connectivity index (χ4n) is 0.182. The molecule has 2 heteroatoms. The van der Waals surface area contributed by atoms with Crippen LogP contribution in [0.15, 0.2) is 25.0 Å². The highest BCUT2D eigenvalue weighted by Crippen LogP contribution is 1.79. The minimum absolute atomic E-state index is 0.421. The van der Waals surface area contributed by atoms with Gasteiger partial charge in [0.25, 0.3) is 0 Å². The predicted octanol–water partition coefficient (Wildman–Crippen LogP) is 1.65. The quantitative estimate of drug-likeness (QED) is 0.182. The molecule has 0 aromatic rings. The first-order valence-corrected chi connectivity index (χ1v) is 2.42. The highest BCUT2D eigenvalue weighted by molar-refractivity contribution is 4.64. The SMILES string of the molecule is C=CCOOC=CC. The van der Waals surface area contributed by atoms with Gasteiger partial charge in [-0.05, 0) is 13.0 Å². The van der Waals surface area contributed by atoms with E-state index in [1.807, 2.05) is 6.92 Å². The zero-order chi connectivity index (χ0) is 6.24. The van der Waals surface area contributed by atoms with Gasteiger partial charge in [-0.25, -0.2) is 0 Å². The molecule has 0 N–H and O–H groups in total. The van der Waals surface area contributed by atoms with E-state index in [1.165, 1.54) is 6.26 Å². The summed E-state index contributed by atoms with van der Waals surface area (Å²) in [5, 5.41) is 0. The van der Waals surface area contributed by atoms with Gasteiger partial charge in [-0.3, -0.25) is 0 Å². The van der Waals surface area contributed by atoms with Crippen molar-refractivity contribution < 1.29 is 9.78 Å². The predicted molar refractivity (Wildman–Crippen MR) is 32.0 cm³/mol. The maximum Gasteiger partial charge on any atom is 0.125 e. The highest BCUT2D eigenvalue weighted by atomic mass is 17.2. The average molecular weight is 114 g/mol. The first-order valence-electron chi connectivity index (χ1n) is 2.42.